The lowest BCUT2D eigenvalue weighted by Crippen LogP contribution is -2.34. The van der Waals surface area contributed by atoms with Crippen molar-refractivity contribution in [3.8, 4) is 0 Å². The summed E-state index contributed by atoms with van der Waals surface area (Å²) in [4.78, 5) is 25.8. The maximum atomic E-state index is 12.1. The van der Waals surface area contributed by atoms with Crippen molar-refractivity contribution in [2.75, 3.05) is 19.6 Å². The van der Waals surface area contributed by atoms with Crippen LogP contribution in [0.3, 0.4) is 0 Å². The number of halogens is 1. The molecule has 1 atom stereocenters. The van der Waals surface area contributed by atoms with Gasteiger partial charge in [0, 0.05) is 31.1 Å². The first-order valence-corrected chi connectivity index (χ1v) is 8.28. The van der Waals surface area contributed by atoms with Gasteiger partial charge in [0.1, 0.15) is 0 Å². The zero-order valence-electron chi connectivity index (χ0n) is 13.0. The summed E-state index contributed by atoms with van der Waals surface area (Å²) < 4.78 is 0. The molecule has 1 fully saturated rings. The van der Waals surface area contributed by atoms with Crippen molar-refractivity contribution in [1.82, 2.24) is 10.2 Å². The lowest BCUT2D eigenvalue weighted by Gasteiger charge is -2.15. The second-order valence-electron chi connectivity index (χ2n) is 5.76. The van der Waals surface area contributed by atoms with E-state index in [1.54, 1.807) is 0 Å². The molecular formula is C17H23ClN2O2. The second-order valence-corrected chi connectivity index (χ2v) is 6.20. The van der Waals surface area contributed by atoms with E-state index >= 15 is 0 Å². The largest absolute Gasteiger partial charge is 0.355 e. The van der Waals surface area contributed by atoms with E-state index in [0.29, 0.717) is 24.5 Å². The Labute approximate surface area is 136 Å². The summed E-state index contributed by atoms with van der Waals surface area (Å²) in [5, 5.41) is 3.65. The van der Waals surface area contributed by atoms with Crippen LogP contribution in [0, 0.1) is 5.92 Å². The highest BCUT2D eigenvalue weighted by atomic mass is 35.5. The zero-order valence-corrected chi connectivity index (χ0v) is 13.7. The number of benzene rings is 1. The minimum Gasteiger partial charge on any atom is -0.355 e. The molecule has 0 aliphatic carbocycles. The molecule has 1 aliphatic heterocycles. The summed E-state index contributed by atoms with van der Waals surface area (Å²) in [5.74, 6) is -0.109. The highest BCUT2D eigenvalue weighted by Gasteiger charge is 2.33. The van der Waals surface area contributed by atoms with Gasteiger partial charge in [-0.05, 0) is 30.5 Å². The van der Waals surface area contributed by atoms with Gasteiger partial charge in [0.15, 0.2) is 0 Å². The first-order chi connectivity index (χ1) is 10.6. The molecule has 22 heavy (non-hydrogen) atoms. The van der Waals surface area contributed by atoms with Gasteiger partial charge in [0.25, 0.3) is 0 Å². The van der Waals surface area contributed by atoms with Crippen LogP contribution in [-0.2, 0) is 16.0 Å². The normalized spacial score (nSPS) is 17.8. The Bertz CT molecular complexity index is 516. The van der Waals surface area contributed by atoms with Crippen molar-refractivity contribution in [3.63, 3.8) is 0 Å². The number of unbranched alkanes of at least 4 members (excludes halogenated alkanes) is 1. The molecule has 0 radical (unpaired) electrons. The molecule has 1 aromatic carbocycles. The summed E-state index contributed by atoms with van der Waals surface area (Å²) in [6.45, 7) is 4.01. The van der Waals surface area contributed by atoms with Crippen LogP contribution >= 0.6 is 11.6 Å². The van der Waals surface area contributed by atoms with E-state index in [0.717, 1.165) is 31.4 Å². The molecule has 0 spiro atoms. The summed E-state index contributed by atoms with van der Waals surface area (Å²) in [6.07, 6.45) is 3.16. The molecule has 4 nitrogen and oxygen atoms in total. The lowest BCUT2D eigenvalue weighted by atomic mass is 10.1. The standard InChI is InChI=1S/C17H23ClN2O2/c1-2-3-10-20-12-14(11-16(20)21)17(22)19-9-8-13-4-6-15(18)7-5-13/h4-7,14H,2-3,8-12H2,1H3,(H,19,22)/t14-/m1/s1. The Morgan fingerprint density at radius 2 is 2.09 bits per heavy atom. The van der Waals surface area contributed by atoms with E-state index in [2.05, 4.69) is 12.2 Å². The van der Waals surface area contributed by atoms with Gasteiger partial charge in [-0.2, -0.15) is 0 Å². The van der Waals surface area contributed by atoms with Crippen molar-refractivity contribution in [3.05, 3.63) is 34.9 Å². The smallest absolute Gasteiger partial charge is 0.225 e. The minimum absolute atomic E-state index is 0.0127. The predicted octanol–water partition coefficient (Wildman–Crippen LogP) is 2.65. The van der Waals surface area contributed by atoms with Gasteiger partial charge in [0.05, 0.1) is 5.92 Å². The number of rotatable bonds is 7. The second kappa shape index (κ2) is 8.18. The molecule has 120 valence electrons. The highest BCUT2D eigenvalue weighted by Crippen LogP contribution is 2.18. The van der Waals surface area contributed by atoms with Crippen molar-refractivity contribution >= 4 is 23.4 Å². The van der Waals surface area contributed by atoms with Crippen LogP contribution in [0.25, 0.3) is 0 Å². The van der Waals surface area contributed by atoms with Crippen LogP contribution in [0.2, 0.25) is 5.02 Å². The Balaban J connectivity index is 1.73. The quantitative estimate of drug-likeness (QED) is 0.839. The molecule has 2 rings (SSSR count). The molecule has 1 saturated heterocycles. The molecule has 2 amide bonds. The van der Waals surface area contributed by atoms with Crippen LogP contribution in [0.15, 0.2) is 24.3 Å². The molecule has 1 N–H and O–H groups in total. The SMILES string of the molecule is CCCCN1C[C@H](C(=O)NCCc2ccc(Cl)cc2)CC1=O. The van der Waals surface area contributed by atoms with Gasteiger partial charge in [-0.15, -0.1) is 0 Å². The molecule has 5 heteroatoms. The third-order valence-electron chi connectivity index (χ3n) is 3.99. The van der Waals surface area contributed by atoms with Gasteiger partial charge in [-0.25, -0.2) is 0 Å². The fourth-order valence-corrected chi connectivity index (χ4v) is 2.76. The monoisotopic (exact) mass is 322 g/mol. The number of amides is 2. The predicted molar refractivity (Wildman–Crippen MR) is 87.8 cm³/mol. The van der Waals surface area contributed by atoms with Crippen LogP contribution in [-0.4, -0.2) is 36.3 Å². The Morgan fingerprint density at radius 1 is 1.36 bits per heavy atom. The number of likely N-dealkylation sites (tertiary alicyclic amines) is 1. The molecular weight excluding hydrogens is 300 g/mol. The summed E-state index contributed by atoms with van der Waals surface area (Å²) in [5.41, 5.74) is 1.14. The van der Waals surface area contributed by atoms with Crippen molar-refractivity contribution in [2.45, 2.75) is 32.6 Å². The number of carbonyl (C=O) groups is 2. The van der Waals surface area contributed by atoms with E-state index in [9.17, 15) is 9.59 Å². The Hall–Kier alpha value is -1.55. The average molecular weight is 323 g/mol. The van der Waals surface area contributed by atoms with E-state index in [-0.39, 0.29) is 17.7 Å². The first kappa shape index (κ1) is 16.8. The summed E-state index contributed by atoms with van der Waals surface area (Å²) in [7, 11) is 0. The number of hydrogen-bond acceptors (Lipinski definition) is 2. The third-order valence-corrected chi connectivity index (χ3v) is 4.25. The van der Waals surface area contributed by atoms with E-state index < -0.39 is 0 Å². The third kappa shape index (κ3) is 4.73. The summed E-state index contributed by atoms with van der Waals surface area (Å²) in [6, 6.07) is 7.61. The molecule has 0 bridgehead atoms. The number of carbonyl (C=O) groups excluding carboxylic acids is 2. The van der Waals surface area contributed by atoms with E-state index in [1.165, 1.54) is 0 Å². The van der Waals surface area contributed by atoms with Gasteiger partial charge in [-0.1, -0.05) is 37.1 Å². The molecule has 0 unspecified atom stereocenters. The fraction of sp³-hybridized carbons (Fsp3) is 0.529. The lowest BCUT2D eigenvalue weighted by molar-refractivity contribution is -0.129. The van der Waals surface area contributed by atoms with Crippen LogP contribution in [0.4, 0.5) is 0 Å². The Kier molecular flexibility index (Phi) is 6.25. The number of hydrogen-bond donors (Lipinski definition) is 1. The molecule has 1 heterocycles. The molecule has 1 aliphatic rings. The van der Waals surface area contributed by atoms with Crippen molar-refractivity contribution in [1.29, 1.82) is 0 Å². The topological polar surface area (TPSA) is 49.4 Å². The van der Waals surface area contributed by atoms with Gasteiger partial charge in [0.2, 0.25) is 11.8 Å². The number of nitrogens with one attached hydrogen (secondary N) is 1. The van der Waals surface area contributed by atoms with Crippen molar-refractivity contribution in [2.24, 2.45) is 5.92 Å². The van der Waals surface area contributed by atoms with Gasteiger partial charge >= 0.3 is 0 Å². The molecule has 1 aromatic rings. The van der Waals surface area contributed by atoms with Gasteiger partial charge < -0.3 is 10.2 Å². The average Bonchev–Trinajstić information content (AvgIpc) is 2.88. The van der Waals surface area contributed by atoms with Crippen LogP contribution in [0.5, 0.6) is 0 Å². The van der Waals surface area contributed by atoms with Gasteiger partial charge in [-0.3, -0.25) is 9.59 Å². The Morgan fingerprint density at radius 3 is 2.77 bits per heavy atom. The maximum Gasteiger partial charge on any atom is 0.225 e. The molecule has 0 saturated carbocycles. The fourth-order valence-electron chi connectivity index (χ4n) is 2.64. The van der Waals surface area contributed by atoms with Crippen LogP contribution in [0.1, 0.15) is 31.7 Å². The van der Waals surface area contributed by atoms with E-state index in [1.807, 2.05) is 29.2 Å². The maximum absolute atomic E-state index is 12.1. The van der Waals surface area contributed by atoms with E-state index in [4.69, 9.17) is 11.6 Å². The molecule has 0 aromatic heterocycles. The van der Waals surface area contributed by atoms with Crippen molar-refractivity contribution < 1.29 is 9.59 Å². The van der Waals surface area contributed by atoms with Crippen LogP contribution < -0.4 is 5.32 Å². The first-order valence-electron chi connectivity index (χ1n) is 7.90. The highest BCUT2D eigenvalue weighted by molar-refractivity contribution is 6.30. The summed E-state index contributed by atoms with van der Waals surface area (Å²) >= 11 is 5.84. The number of nitrogens with zero attached hydrogens (tertiary/aromatic N) is 1. The minimum atomic E-state index is -0.199. The zero-order chi connectivity index (χ0) is 15.9.